The second-order valence-electron chi connectivity index (χ2n) is 0.447. The monoisotopic (exact) mass is 194 g/mol. The van der Waals surface area contributed by atoms with Crippen molar-refractivity contribution in [3.05, 3.63) is 0 Å². The largest absolute Gasteiger partial charge is 2.00 e. The van der Waals surface area contributed by atoms with E-state index in [2.05, 4.69) is 0 Å². The van der Waals surface area contributed by atoms with Crippen LogP contribution >= 0.6 is 7.82 Å². The van der Waals surface area contributed by atoms with Crippen molar-refractivity contribution in [2.45, 2.75) is 0 Å². The summed E-state index contributed by atoms with van der Waals surface area (Å²) in [5.41, 5.74) is 0. The van der Waals surface area contributed by atoms with Crippen LogP contribution in [-0.4, -0.2) is 23.1 Å². The SMILES string of the molecule is O=P([O-])([O-])[O-].[F-].[Fe+2].[Mg+2]. The molecule has 0 aromatic carbocycles. The number of hydrogen-bond acceptors (Lipinski definition) is 4. The van der Waals surface area contributed by atoms with Gasteiger partial charge >= 0.3 is 40.1 Å². The van der Waals surface area contributed by atoms with Gasteiger partial charge in [-0.2, -0.15) is 7.82 Å². The van der Waals surface area contributed by atoms with E-state index in [1.807, 2.05) is 0 Å². The fraction of sp³-hybridized carbons (Fsp3) is 0. The van der Waals surface area contributed by atoms with Crippen molar-refractivity contribution < 1.29 is 41.0 Å². The van der Waals surface area contributed by atoms with Crippen LogP contribution in [0, 0.1) is 0 Å². The maximum Gasteiger partial charge on any atom is 2.00 e. The summed E-state index contributed by atoms with van der Waals surface area (Å²) in [7, 11) is -5.39. The Morgan fingerprint density at radius 2 is 1.12 bits per heavy atom. The molecule has 46 valence electrons. The maximum absolute atomic E-state index is 8.55. The molecule has 0 saturated heterocycles. The van der Waals surface area contributed by atoms with Gasteiger partial charge in [0.25, 0.3) is 0 Å². The van der Waals surface area contributed by atoms with E-state index >= 15 is 0 Å². The van der Waals surface area contributed by atoms with E-state index in [0.29, 0.717) is 0 Å². The van der Waals surface area contributed by atoms with E-state index in [-0.39, 0.29) is 44.8 Å². The quantitative estimate of drug-likeness (QED) is 0.283. The first-order valence-electron chi connectivity index (χ1n) is 0.730. The second-order valence-corrected chi connectivity index (χ2v) is 1.34. The third-order valence-corrected chi connectivity index (χ3v) is 0. The molecular weight excluding hydrogens is 194 g/mol. The zero-order chi connectivity index (χ0) is 4.50. The average molecular weight is 194 g/mol. The van der Waals surface area contributed by atoms with Gasteiger partial charge < -0.3 is 23.9 Å². The van der Waals surface area contributed by atoms with Gasteiger partial charge in [0.05, 0.1) is 0 Å². The fourth-order valence-electron chi connectivity index (χ4n) is 0. The Hall–Kier alpha value is 1.33. The summed E-state index contributed by atoms with van der Waals surface area (Å²) in [6.45, 7) is 0. The predicted molar refractivity (Wildman–Crippen MR) is 13.4 cm³/mol. The molecule has 0 fully saturated rings. The van der Waals surface area contributed by atoms with Crippen molar-refractivity contribution in [2.24, 2.45) is 0 Å². The molecule has 0 saturated carbocycles. The third kappa shape index (κ3) is 167. The minimum absolute atomic E-state index is 0. The number of halogens is 1. The standard InChI is InChI=1S/FH.Fe.Mg.H3O4P/c;;;1-5(2,3)4/h1H;;;(H3,1,2,3,4)/q;2*+2;/p-4. The summed E-state index contributed by atoms with van der Waals surface area (Å²) in [5, 5.41) is 0. The Morgan fingerprint density at radius 3 is 1.12 bits per heavy atom. The van der Waals surface area contributed by atoms with Crippen LogP contribution in [0.2, 0.25) is 0 Å². The molecule has 0 radical (unpaired) electrons. The molecule has 0 N–H and O–H groups in total. The van der Waals surface area contributed by atoms with Crippen molar-refractivity contribution in [1.29, 1.82) is 0 Å². The Bertz CT molecular complexity index is 62.2. The molecule has 8 heteroatoms. The van der Waals surface area contributed by atoms with Gasteiger partial charge in [-0.3, -0.25) is 0 Å². The van der Waals surface area contributed by atoms with Crippen LogP contribution < -0.4 is 19.4 Å². The summed E-state index contributed by atoms with van der Waals surface area (Å²) in [5.74, 6) is 0. The van der Waals surface area contributed by atoms with Crippen LogP contribution in [0.5, 0.6) is 0 Å². The van der Waals surface area contributed by atoms with Gasteiger partial charge in [0.15, 0.2) is 0 Å². The van der Waals surface area contributed by atoms with Crippen LogP contribution in [0.15, 0.2) is 0 Å². The predicted octanol–water partition coefficient (Wildman–Crippen LogP) is -6.20. The van der Waals surface area contributed by atoms with Gasteiger partial charge in [-0.05, 0) is 0 Å². The Kier molecular flexibility index (Phi) is 23.7. The first kappa shape index (κ1) is 22.8. The molecule has 0 heterocycles. The molecule has 0 aliphatic heterocycles. The first-order chi connectivity index (χ1) is 2.00. The van der Waals surface area contributed by atoms with E-state index in [1.165, 1.54) is 0 Å². The zero-order valence-electron chi connectivity index (χ0n) is 3.52. The van der Waals surface area contributed by atoms with E-state index in [9.17, 15) is 0 Å². The van der Waals surface area contributed by atoms with Gasteiger partial charge in [-0.15, -0.1) is 0 Å². The van der Waals surface area contributed by atoms with Gasteiger partial charge in [-0.25, -0.2) is 0 Å². The molecule has 8 heavy (non-hydrogen) atoms. The minimum atomic E-state index is -5.39. The molecular formula is FFeMgO4P. The molecule has 0 rings (SSSR count). The molecule has 0 atom stereocenters. The van der Waals surface area contributed by atoms with E-state index < -0.39 is 7.82 Å². The summed E-state index contributed by atoms with van der Waals surface area (Å²) in [4.78, 5) is 25.6. The van der Waals surface area contributed by atoms with Crippen molar-refractivity contribution in [1.82, 2.24) is 0 Å². The van der Waals surface area contributed by atoms with Crippen LogP contribution in [-0.2, 0) is 21.6 Å². The second kappa shape index (κ2) is 8.33. The fourth-order valence-corrected chi connectivity index (χ4v) is 0. The third-order valence-electron chi connectivity index (χ3n) is 0. The molecule has 0 aromatic heterocycles. The molecule has 0 aliphatic rings. The van der Waals surface area contributed by atoms with Crippen molar-refractivity contribution in [3.8, 4) is 0 Å². The summed E-state index contributed by atoms with van der Waals surface area (Å²) in [6.07, 6.45) is 0. The smallest absolute Gasteiger partial charge is 1.00 e. The van der Waals surface area contributed by atoms with Crippen molar-refractivity contribution in [3.63, 3.8) is 0 Å². The molecule has 0 spiro atoms. The first-order valence-corrected chi connectivity index (χ1v) is 2.19. The Balaban J connectivity index is -0.0000000267. The number of rotatable bonds is 0. The van der Waals surface area contributed by atoms with Gasteiger partial charge in [-0.1, -0.05) is 0 Å². The molecule has 0 aromatic rings. The summed E-state index contributed by atoms with van der Waals surface area (Å²) in [6, 6.07) is 0. The minimum Gasteiger partial charge on any atom is -1.00 e. The number of phosphoric acid groups is 1. The van der Waals surface area contributed by atoms with Gasteiger partial charge in [0.1, 0.15) is 0 Å². The average Bonchev–Trinajstić information content (AvgIpc) is 0.722. The van der Waals surface area contributed by atoms with Crippen LogP contribution in [0.4, 0.5) is 0 Å². The molecule has 0 aliphatic carbocycles. The van der Waals surface area contributed by atoms with Crippen LogP contribution in [0.3, 0.4) is 0 Å². The summed E-state index contributed by atoms with van der Waals surface area (Å²) < 4.78 is 8.55. The molecule has 0 unspecified atom stereocenters. The van der Waals surface area contributed by atoms with Gasteiger partial charge in [0, 0.05) is 0 Å². The molecule has 0 amide bonds. The van der Waals surface area contributed by atoms with E-state index in [1.54, 1.807) is 0 Å². The van der Waals surface area contributed by atoms with E-state index in [0.717, 1.165) is 0 Å². The van der Waals surface area contributed by atoms with Crippen LogP contribution in [0.1, 0.15) is 0 Å². The Labute approximate surface area is 71.9 Å². The topological polar surface area (TPSA) is 86.2 Å². The molecule has 4 nitrogen and oxygen atoms in total. The van der Waals surface area contributed by atoms with Crippen molar-refractivity contribution >= 4 is 30.9 Å². The number of hydrogen-bond donors (Lipinski definition) is 0. The maximum atomic E-state index is 8.55. The van der Waals surface area contributed by atoms with Crippen LogP contribution in [0.25, 0.3) is 0 Å². The Morgan fingerprint density at radius 1 is 1.12 bits per heavy atom. The normalized spacial score (nSPS) is 7.38. The summed E-state index contributed by atoms with van der Waals surface area (Å²) >= 11 is 0. The zero-order valence-corrected chi connectivity index (χ0v) is 6.93. The molecule has 0 bridgehead atoms. The van der Waals surface area contributed by atoms with Gasteiger partial charge in [0.2, 0.25) is 0 Å². The van der Waals surface area contributed by atoms with Crippen molar-refractivity contribution in [2.75, 3.05) is 0 Å². The van der Waals surface area contributed by atoms with E-state index in [4.69, 9.17) is 19.2 Å².